The molecule has 23 heavy (non-hydrogen) atoms. The first kappa shape index (κ1) is 15.7. The molecule has 0 fully saturated rings. The van der Waals surface area contributed by atoms with Crippen molar-refractivity contribution >= 4 is 33.7 Å². The Morgan fingerprint density at radius 1 is 1.35 bits per heavy atom. The van der Waals surface area contributed by atoms with Gasteiger partial charge in [0.1, 0.15) is 11.6 Å². The number of benzene rings is 2. The molecule has 2 rings (SSSR count). The minimum Gasteiger partial charge on any atom is -0.466 e. The number of hydrogen-bond donors (Lipinski definition) is 1. The number of halogens is 3. The van der Waals surface area contributed by atoms with Crippen molar-refractivity contribution < 1.29 is 19.7 Å². The van der Waals surface area contributed by atoms with Gasteiger partial charge in [0.2, 0.25) is 0 Å². The fourth-order valence-electron chi connectivity index (χ4n) is 1.80. The Bertz CT molecular complexity index is 783. The second-order valence-corrected chi connectivity index (χ2v) is 5.50. The third kappa shape index (κ3) is 5.17. The highest BCUT2D eigenvalue weighted by atomic mass is 79.9. The summed E-state index contributed by atoms with van der Waals surface area (Å²) in [4.78, 5) is 11.1. The van der Waals surface area contributed by atoms with Gasteiger partial charge in [0.05, 0.1) is 8.48 Å². The van der Waals surface area contributed by atoms with Crippen molar-refractivity contribution in [2.75, 3.05) is 12.4 Å². The van der Waals surface area contributed by atoms with E-state index in [-0.39, 0.29) is 5.56 Å². The SMILES string of the molecule is [2H]C(Nc1cc(F)cc(/C=C/C(=O)OC)c1)c1ccc(Br)cc1F. The molecule has 0 amide bonds. The molecule has 0 spiro atoms. The fourth-order valence-corrected chi connectivity index (χ4v) is 2.14. The zero-order valence-electron chi connectivity index (χ0n) is 13.1. The number of ether oxygens (including phenoxy) is 1. The average Bonchev–Trinajstić information content (AvgIpc) is 2.51. The second-order valence-electron chi connectivity index (χ2n) is 4.58. The molecule has 0 saturated heterocycles. The van der Waals surface area contributed by atoms with E-state index in [0.29, 0.717) is 15.7 Å². The van der Waals surface area contributed by atoms with Crippen LogP contribution in [0.1, 0.15) is 12.5 Å². The molecule has 0 aliphatic heterocycles. The van der Waals surface area contributed by atoms with Crippen LogP contribution in [-0.2, 0) is 16.1 Å². The van der Waals surface area contributed by atoms with Crippen molar-refractivity contribution in [1.29, 1.82) is 0 Å². The molecule has 2 aromatic rings. The molecular weight excluding hydrogens is 368 g/mol. The van der Waals surface area contributed by atoms with Gasteiger partial charge < -0.3 is 10.1 Å². The molecule has 0 saturated carbocycles. The first-order valence-electron chi connectivity index (χ1n) is 7.17. The topological polar surface area (TPSA) is 38.3 Å². The molecular formula is C17H14BrF2NO2. The second kappa shape index (κ2) is 7.87. The zero-order chi connectivity index (χ0) is 17.7. The lowest BCUT2D eigenvalue weighted by molar-refractivity contribution is -0.134. The van der Waals surface area contributed by atoms with Crippen LogP contribution < -0.4 is 5.32 Å². The summed E-state index contributed by atoms with van der Waals surface area (Å²) in [6.45, 7) is -1.11. The Kier molecular flexibility index (Phi) is 5.37. The van der Waals surface area contributed by atoms with Gasteiger partial charge in [0.25, 0.3) is 0 Å². The quantitative estimate of drug-likeness (QED) is 0.609. The maximum Gasteiger partial charge on any atom is 0.330 e. The molecule has 6 heteroatoms. The number of carbonyl (C=O) groups excluding carboxylic acids is 1. The minimum atomic E-state index is -1.11. The standard InChI is InChI=1S/C17H14BrF2NO2/c1-23-17(22)5-2-11-6-14(19)9-15(7-11)21-10-12-3-4-13(18)8-16(12)20/h2-9,21H,10H2,1H3/b5-2+/i10D. The van der Waals surface area contributed by atoms with Crippen LogP contribution >= 0.6 is 15.9 Å². The van der Waals surface area contributed by atoms with Crippen molar-refractivity contribution in [2.45, 2.75) is 6.52 Å². The molecule has 120 valence electrons. The summed E-state index contributed by atoms with van der Waals surface area (Å²) in [5.74, 6) is -1.66. The Labute approximate surface area is 142 Å². The summed E-state index contributed by atoms with van der Waals surface area (Å²) in [5.41, 5.74) is 0.835. The highest BCUT2D eigenvalue weighted by molar-refractivity contribution is 9.10. The number of esters is 1. The summed E-state index contributed by atoms with van der Waals surface area (Å²) in [6, 6.07) is 8.31. The summed E-state index contributed by atoms with van der Waals surface area (Å²) in [6.07, 6.45) is 2.55. The highest BCUT2D eigenvalue weighted by Crippen LogP contribution is 2.19. The van der Waals surface area contributed by atoms with E-state index >= 15 is 0 Å². The molecule has 0 heterocycles. The van der Waals surface area contributed by atoms with Crippen LogP contribution in [0.15, 0.2) is 46.9 Å². The monoisotopic (exact) mass is 382 g/mol. The van der Waals surface area contributed by atoms with Crippen LogP contribution in [-0.4, -0.2) is 13.1 Å². The van der Waals surface area contributed by atoms with Crippen LogP contribution in [0.25, 0.3) is 6.08 Å². The van der Waals surface area contributed by atoms with Gasteiger partial charge in [0.15, 0.2) is 0 Å². The Hall–Kier alpha value is -2.21. The average molecular weight is 383 g/mol. The molecule has 3 nitrogen and oxygen atoms in total. The van der Waals surface area contributed by atoms with E-state index in [1.54, 1.807) is 12.1 Å². The summed E-state index contributed by atoms with van der Waals surface area (Å²) >= 11 is 3.15. The summed E-state index contributed by atoms with van der Waals surface area (Å²) in [5, 5.41) is 2.72. The molecule has 0 radical (unpaired) electrons. The molecule has 1 N–H and O–H groups in total. The Balaban J connectivity index is 2.21. The van der Waals surface area contributed by atoms with Crippen molar-refractivity contribution in [3.8, 4) is 0 Å². The van der Waals surface area contributed by atoms with Gasteiger partial charge in [0, 0.05) is 28.3 Å². The van der Waals surface area contributed by atoms with Gasteiger partial charge in [-0.05, 0) is 42.0 Å². The highest BCUT2D eigenvalue weighted by Gasteiger charge is 2.04. The van der Waals surface area contributed by atoms with E-state index in [1.807, 2.05) is 0 Å². The fraction of sp³-hybridized carbons (Fsp3) is 0.118. The van der Waals surface area contributed by atoms with E-state index < -0.39 is 24.1 Å². The van der Waals surface area contributed by atoms with Gasteiger partial charge in [-0.2, -0.15) is 0 Å². The van der Waals surface area contributed by atoms with E-state index in [9.17, 15) is 13.6 Å². The van der Waals surface area contributed by atoms with Crippen LogP contribution in [0, 0.1) is 11.6 Å². The van der Waals surface area contributed by atoms with Gasteiger partial charge in [-0.1, -0.05) is 22.0 Å². The first-order chi connectivity index (χ1) is 11.4. The molecule has 2 aromatic carbocycles. The molecule has 0 aromatic heterocycles. The largest absolute Gasteiger partial charge is 0.466 e. The molecule has 1 atom stereocenters. The van der Waals surface area contributed by atoms with Gasteiger partial charge in [-0.25, -0.2) is 13.6 Å². The van der Waals surface area contributed by atoms with Gasteiger partial charge in [-0.15, -0.1) is 0 Å². The number of nitrogens with one attached hydrogen (secondary N) is 1. The van der Waals surface area contributed by atoms with Crippen LogP contribution in [0.5, 0.6) is 0 Å². The van der Waals surface area contributed by atoms with Gasteiger partial charge >= 0.3 is 5.97 Å². The smallest absolute Gasteiger partial charge is 0.330 e. The van der Waals surface area contributed by atoms with Crippen LogP contribution in [0.4, 0.5) is 14.5 Å². The lowest BCUT2D eigenvalue weighted by Gasteiger charge is -2.09. The maximum atomic E-state index is 13.9. The first-order valence-corrected chi connectivity index (χ1v) is 7.38. The normalized spacial score (nSPS) is 12.8. The van der Waals surface area contributed by atoms with E-state index in [4.69, 9.17) is 1.37 Å². The minimum absolute atomic E-state index is 0.133. The maximum absolute atomic E-state index is 13.9. The molecule has 0 bridgehead atoms. The van der Waals surface area contributed by atoms with E-state index in [1.165, 1.54) is 37.5 Å². The predicted molar refractivity (Wildman–Crippen MR) is 88.9 cm³/mol. The van der Waals surface area contributed by atoms with Gasteiger partial charge in [-0.3, -0.25) is 0 Å². The zero-order valence-corrected chi connectivity index (χ0v) is 13.7. The third-order valence-corrected chi connectivity index (χ3v) is 3.38. The van der Waals surface area contributed by atoms with Crippen molar-refractivity contribution in [2.24, 2.45) is 0 Å². The lowest BCUT2D eigenvalue weighted by Crippen LogP contribution is -2.02. The van der Waals surface area contributed by atoms with Crippen molar-refractivity contribution in [1.82, 2.24) is 0 Å². The number of anilines is 1. The number of hydrogen-bond acceptors (Lipinski definition) is 3. The molecule has 1 unspecified atom stereocenters. The lowest BCUT2D eigenvalue weighted by atomic mass is 10.1. The molecule has 0 aliphatic rings. The number of methoxy groups -OCH3 is 1. The predicted octanol–water partition coefficient (Wildman–Crippen LogP) is 4.53. The van der Waals surface area contributed by atoms with E-state index in [2.05, 4.69) is 26.0 Å². The van der Waals surface area contributed by atoms with Crippen LogP contribution in [0.2, 0.25) is 0 Å². The summed E-state index contributed by atoms with van der Waals surface area (Å²) < 4.78 is 40.6. The van der Waals surface area contributed by atoms with Crippen molar-refractivity contribution in [3.63, 3.8) is 0 Å². The molecule has 0 aliphatic carbocycles. The van der Waals surface area contributed by atoms with Crippen molar-refractivity contribution in [3.05, 3.63) is 69.7 Å². The Morgan fingerprint density at radius 2 is 2.13 bits per heavy atom. The number of carbonyl (C=O) groups is 1. The van der Waals surface area contributed by atoms with E-state index in [0.717, 1.165) is 6.08 Å². The number of rotatable bonds is 5. The summed E-state index contributed by atoms with van der Waals surface area (Å²) in [7, 11) is 1.24. The van der Waals surface area contributed by atoms with Crippen LogP contribution in [0.3, 0.4) is 0 Å². The third-order valence-electron chi connectivity index (χ3n) is 2.89. The Morgan fingerprint density at radius 3 is 2.83 bits per heavy atom.